The molecule has 18 N–H and O–H groups in total. The molecular weight excluding hydrogens is 955 g/mol. The van der Waals surface area contributed by atoms with Gasteiger partial charge in [-0.1, -0.05) is 39.8 Å². The van der Waals surface area contributed by atoms with E-state index < -0.39 is 145 Å². The van der Waals surface area contributed by atoms with Crippen molar-refractivity contribution in [3.05, 3.63) is 29.8 Å². The number of aliphatic hydroxyl groups excluding tert-OH is 3. The first-order valence-corrected chi connectivity index (χ1v) is 23.6. The third-order valence-corrected chi connectivity index (χ3v) is 11.0. The first kappa shape index (κ1) is 62.9. The standard InChI is InChI=1S/C44H73N11O15S/c1-21(2)15-29(44(69)70)51-38(63)28(16-25-10-12-26(59)13-11-25)49-33(60)17-47-37(62)27(9-7-8-14-45)50-40(65)31(19-57)53-43(68)35(22(3)4)55-36(61)23(5)48-39(64)30(18-56)52-41(66)32(20-71)54-42(67)34(46)24(6)58/h10-13,21-24,27-32,34-35,56-59,71H,7-9,14-20,45-46H2,1-6H3,(H,47,62)(H,48,64)(H,49,60)(H,50,65)(H,51,63)(H,52,66)(H,53,68)(H,54,67)(H,55,61)(H,69,70)/t23-,24+,27-,28-,29-,30-,31-,32-,34-,35-/m0/s1. The summed E-state index contributed by atoms with van der Waals surface area (Å²) in [5.41, 5.74) is 11.7. The van der Waals surface area contributed by atoms with E-state index in [9.17, 15) is 73.5 Å². The van der Waals surface area contributed by atoms with Gasteiger partial charge < -0.3 is 84.9 Å². The molecule has 1 aromatic rings. The van der Waals surface area contributed by atoms with Crippen LogP contribution in [0.3, 0.4) is 0 Å². The number of phenols is 1. The fraction of sp³-hybridized carbons (Fsp3) is 0.636. The smallest absolute Gasteiger partial charge is 0.326 e. The highest BCUT2D eigenvalue weighted by Crippen LogP contribution is 2.13. The Bertz CT molecular complexity index is 1960. The largest absolute Gasteiger partial charge is 0.508 e. The fourth-order valence-corrected chi connectivity index (χ4v) is 6.67. The molecule has 0 aliphatic rings. The van der Waals surface area contributed by atoms with Crippen molar-refractivity contribution in [2.24, 2.45) is 23.3 Å². The number of nitrogens with one attached hydrogen (secondary N) is 9. The van der Waals surface area contributed by atoms with Gasteiger partial charge in [0.05, 0.1) is 25.9 Å². The monoisotopic (exact) mass is 1030 g/mol. The lowest BCUT2D eigenvalue weighted by molar-refractivity contribution is -0.142. The number of hydrogen-bond donors (Lipinski definition) is 17. The van der Waals surface area contributed by atoms with Crippen LogP contribution in [0, 0.1) is 11.8 Å². The summed E-state index contributed by atoms with van der Waals surface area (Å²) in [6, 6.07) is -7.01. The fourth-order valence-electron chi connectivity index (χ4n) is 6.41. The van der Waals surface area contributed by atoms with Crippen LogP contribution in [0.25, 0.3) is 0 Å². The summed E-state index contributed by atoms with van der Waals surface area (Å²) in [6.07, 6.45) is -0.564. The van der Waals surface area contributed by atoms with Gasteiger partial charge in [0.2, 0.25) is 53.2 Å². The number of carbonyl (C=O) groups excluding carboxylic acids is 9. The van der Waals surface area contributed by atoms with E-state index in [4.69, 9.17) is 11.5 Å². The highest BCUT2D eigenvalue weighted by molar-refractivity contribution is 7.80. The van der Waals surface area contributed by atoms with Crippen molar-refractivity contribution >= 4 is 71.8 Å². The van der Waals surface area contributed by atoms with E-state index in [2.05, 4.69) is 60.5 Å². The van der Waals surface area contributed by atoms with Gasteiger partial charge in [-0.15, -0.1) is 0 Å². The number of nitrogens with two attached hydrogens (primary N) is 2. The summed E-state index contributed by atoms with van der Waals surface area (Å²) in [5.74, 6) is -10.7. The molecule has 26 nitrogen and oxygen atoms in total. The Balaban J connectivity index is 3.07. The lowest BCUT2D eigenvalue weighted by Gasteiger charge is -2.27. The van der Waals surface area contributed by atoms with Crippen LogP contribution in [-0.2, 0) is 54.4 Å². The molecule has 1 rings (SSSR count). The second-order valence-corrected chi connectivity index (χ2v) is 17.9. The zero-order chi connectivity index (χ0) is 54.1. The molecule has 0 saturated carbocycles. The Labute approximate surface area is 417 Å². The Morgan fingerprint density at radius 1 is 0.606 bits per heavy atom. The lowest BCUT2D eigenvalue weighted by atomic mass is 10.0. The maximum Gasteiger partial charge on any atom is 0.326 e. The molecular formula is C44H73N11O15S. The second-order valence-electron chi connectivity index (χ2n) is 17.5. The van der Waals surface area contributed by atoms with Crippen LogP contribution >= 0.6 is 12.6 Å². The van der Waals surface area contributed by atoms with Crippen molar-refractivity contribution in [3.63, 3.8) is 0 Å². The van der Waals surface area contributed by atoms with Gasteiger partial charge in [-0.3, -0.25) is 43.2 Å². The number of unbranched alkanes of at least 4 members (excludes halogenated alkanes) is 1. The predicted molar refractivity (Wildman–Crippen MR) is 258 cm³/mol. The van der Waals surface area contributed by atoms with E-state index in [0.717, 1.165) is 0 Å². The van der Waals surface area contributed by atoms with E-state index in [-0.39, 0.29) is 43.2 Å². The van der Waals surface area contributed by atoms with E-state index >= 15 is 0 Å². The normalized spacial score (nSPS) is 15.4. The minimum atomic E-state index is -1.68. The Morgan fingerprint density at radius 2 is 1.11 bits per heavy atom. The van der Waals surface area contributed by atoms with Gasteiger partial charge in [-0.05, 0) is 75.6 Å². The number of aromatic hydroxyl groups is 1. The molecule has 0 aromatic heterocycles. The van der Waals surface area contributed by atoms with Crippen LogP contribution < -0.4 is 59.3 Å². The van der Waals surface area contributed by atoms with Gasteiger partial charge in [0, 0.05) is 12.2 Å². The van der Waals surface area contributed by atoms with Gasteiger partial charge in [-0.2, -0.15) is 12.6 Å². The van der Waals surface area contributed by atoms with Gasteiger partial charge in [0.1, 0.15) is 60.1 Å². The average Bonchev–Trinajstić information content (AvgIpc) is 3.31. The van der Waals surface area contributed by atoms with Crippen LogP contribution in [0.1, 0.15) is 72.8 Å². The summed E-state index contributed by atoms with van der Waals surface area (Å²) in [7, 11) is 0. The number of phenolic OH excluding ortho intramolecular Hbond substituents is 1. The first-order chi connectivity index (χ1) is 33.3. The van der Waals surface area contributed by atoms with E-state index in [1.165, 1.54) is 38.1 Å². The van der Waals surface area contributed by atoms with Crippen LogP contribution in [0.4, 0.5) is 0 Å². The molecule has 9 amide bonds. The minimum Gasteiger partial charge on any atom is -0.508 e. The summed E-state index contributed by atoms with van der Waals surface area (Å²) >= 11 is 4.01. The van der Waals surface area contributed by atoms with Crippen molar-refractivity contribution in [1.82, 2.24) is 47.9 Å². The van der Waals surface area contributed by atoms with Crippen molar-refractivity contribution in [2.75, 3.05) is 32.1 Å². The SMILES string of the molecule is CC(C)C[C@H](NC(=O)[C@H](Cc1ccc(O)cc1)NC(=O)CNC(=O)[C@H](CCCCN)NC(=O)[C@H](CO)NC(=O)[C@@H](NC(=O)[C@H](C)NC(=O)[C@H](CO)NC(=O)[C@H](CS)NC(=O)[C@@H](N)[C@@H](C)O)C(C)C)C(=O)O. The minimum absolute atomic E-state index is 0.0130. The highest BCUT2D eigenvalue weighted by Gasteiger charge is 2.34. The number of aliphatic carboxylic acids is 1. The van der Waals surface area contributed by atoms with Gasteiger partial charge in [-0.25, -0.2) is 4.79 Å². The Hall–Kier alpha value is -6.13. The molecule has 0 aliphatic heterocycles. The number of carboxylic acids is 1. The number of rotatable bonds is 32. The number of carboxylic acid groups (broad SMARTS) is 1. The zero-order valence-corrected chi connectivity index (χ0v) is 41.6. The predicted octanol–water partition coefficient (Wildman–Crippen LogP) is -5.51. The third kappa shape index (κ3) is 22.7. The molecule has 71 heavy (non-hydrogen) atoms. The van der Waals surface area contributed by atoms with E-state index in [0.29, 0.717) is 18.4 Å². The molecule has 0 unspecified atom stereocenters. The van der Waals surface area contributed by atoms with E-state index in [1.807, 2.05) is 0 Å². The summed E-state index contributed by atoms with van der Waals surface area (Å²) in [5, 5.41) is 70.3. The molecule has 0 fully saturated rings. The first-order valence-electron chi connectivity index (χ1n) is 23.0. The number of hydrogen-bond acceptors (Lipinski definition) is 17. The van der Waals surface area contributed by atoms with Crippen molar-refractivity contribution < 1.29 is 73.5 Å². The maximum absolute atomic E-state index is 13.5. The van der Waals surface area contributed by atoms with Gasteiger partial charge in [0.25, 0.3) is 0 Å². The molecule has 0 heterocycles. The summed E-state index contributed by atoms with van der Waals surface area (Å²) in [4.78, 5) is 130. The molecule has 0 bridgehead atoms. The molecule has 0 spiro atoms. The van der Waals surface area contributed by atoms with E-state index in [1.54, 1.807) is 27.7 Å². The van der Waals surface area contributed by atoms with Crippen molar-refractivity contribution in [3.8, 4) is 5.75 Å². The summed E-state index contributed by atoms with van der Waals surface area (Å²) in [6.45, 7) is 6.70. The van der Waals surface area contributed by atoms with Crippen molar-refractivity contribution in [1.29, 1.82) is 0 Å². The van der Waals surface area contributed by atoms with Crippen LogP contribution in [0.2, 0.25) is 0 Å². The maximum atomic E-state index is 13.5. The molecule has 1 aromatic carbocycles. The number of aliphatic hydroxyl groups is 3. The molecule has 0 saturated heterocycles. The Morgan fingerprint density at radius 3 is 1.62 bits per heavy atom. The molecule has 0 aliphatic carbocycles. The van der Waals surface area contributed by atoms with Crippen LogP contribution in [0.5, 0.6) is 5.75 Å². The van der Waals surface area contributed by atoms with Gasteiger partial charge >= 0.3 is 5.97 Å². The zero-order valence-electron chi connectivity index (χ0n) is 40.7. The molecule has 27 heteroatoms. The van der Waals surface area contributed by atoms with Crippen molar-refractivity contribution in [2.45, 2.75) is 134 Å². The third-order valence-electron chi connectivity index (χ3n) is 10.6. The number of carbonyl (C=O) groups is 10. The quantitative estimate of drug-likeness (QED) is 0.0236. The van der Waals surface area contributed by atoms with Crippen LogP contribution in [0.15, 0.2) is 24.3 Å². The second kappa shape index (κ2) is 32.0. The van der Waals surface area contributed by atoms with Gasteiger partial charge in [0.15, 0.2) is 0 Å². The summed E-state index contributed by atoms with van der Waals surface area (Å²) < 4.78 is 0. The molecule has 10 atom stereocenters. The molecule has 400 valence electrons. The Kier molecular flexibility index (Phi) is 28.3. The topological polar surface area (TPSA) is 432 Å². The average molecular weight is 1030 g/mol. The van der Waals surface area contributed by atoms with Crippen LogP contribution in [-0.4, -0.2) is 177 Å². The highest BCUT2D eigenvalue weighted by atomic mass is 32.1. The number of amides is 9. The number of benzene rings is 1. The molecule has 0 radical (unpaired) electrons. The number of thiol groups is 1. The lowest BCUT2D eigenvalue weighted by Crippen LogP contribution is -2.61.